The van der Waals surface area contributed by atoms with Crippen LogP contribution in [0.15, 0.2) is 48.7 Å². The number of piperidine rings is 1. The van der Waals surface area contributed by atoms with Gasteiger partial charge in [-0.05, 0) is 75.6 Å². The minimum Gasteiger partial charge on any atom is -0.444 e. The molecule has 0 unspecified atom stereocenters. The Balaban J connectivity index is 1.54. The van der Waals surface area contributed by atoms with Crippen LogP contribution in [-0.2, 0) is 16.7 Å². The number of rotatable bonds is 6. The number of hydrogen-bond donors (Lipinski definition) is 1. The van der Waals surface area contributed by atoms with Crippen molar-refractivity contribution in [3.05, 3.63) is 81.6 Å². The molecule has 1 aliphatic rings. The fourth-order valence-corrected chi connectivity index (χ4v) is 4.99. The van der Waals surface area contributed by atoms with E-state index in [1.807, 2.05) is 39.1 Å². The summed E-state index contributed by atoms with van der Waals surface area (Å²) < 4.78 is 21.4. The van der Waals surface area contributed by atoms with Crippen molar-refractivity contribution in [2.24, 2.45) is 0 Å². The Labute approximate surface area is 234 Å². The first-order chi connectivity index (χ1) is 17.8. The number of carbonyl (C=O) groups excluding carboxylic acids is 1. The lowest BCUT2D eigenvalue weighted by Crippen LogP contribution is -2.46. The number of likely N-dealkylation sites (tertiary alicyclic amines) is 1. The molecule has 1 aliphatic heterocycles. The third-order valence-corrected chi connectivity index (χ3v) is 7.64. The van der Waals surface area contributed by atoms with E-state index in [9.17, 15) is 9.18 Å². The predicted molar refractivity (Wildman–Crippen MR) is 150 cm³/mol. The van der Waals surface area contributed by atoms with Gasteiger partial charge in [-0.25, -0.2) is 14.2 Å². The van der Waals surface area contributed by atoms with Gasteiger partial charge in [-0.2, -0.15) is 0 Å². The summed E-state index contributed by atoms with van der Waals surface area (Å²) in [6.45, 7) is 11.6. The maximum absolute atomic E-state index is 13.8. The first-order valence-electron chi connectivity index (χ1n) is 12.8. The van der Waals surface area contributed by atoms with Crippen molar-refractivity contribution >= 4 is 29.3 Å². The van der Waals surface area contributed by atoms with Crippen LogP contribution in [0.2, 0.25) is 10.0 Å². The molecular weight excluding hydrogens is 526 g/mol. The molecule has 1 amide bonds. The molecule has 4 rings (SSSR count). The topological polar surface area (TPSA) is 59.4 Å². The first kappa shape index (κ1) is 28.4. The molecule has 1 saturated heterocycles. The average molecular weight is 562 g/mol. The molecule has 0 radical (unpaired) electrons. The van der Waals surface area contributed by atoms with E-state index < -0.39 is 11.0 Å². The SMILES string of the molecule is CC(C)(C)OC(=O)N1CCC(NCc2ncc(C(C)(C)c3ccc(Cl)c(Cl)c3)n2-c2ccc(F)cc2)CC1. The molecule has 1 N–H and O–H groups in total. The average Bonchev–Trinajstić information content (AvgIpc) is 3.29. The van der Waals surface area contributed by atoms with Gasteiger partial charge in [0.1, 0.15) is 17.2 Å². The Bertz CT molecular complexity index is 1280. The van der Waals surface area contributed by atoms with Crippen molar-refractivity contribution in [1.29, 1.82) is 0 Å². The van der Waals surface area contributed by atoms with Gasteiger partial charge in [0.05, 0.1) is 22.3 Å². The molecule has 204 valence electrons. The summed E-state index contributed by atoms with van der Waals surface area (Å²) in [5.74, 6) is 0.518. The monoisotopic (exact) mass is 560 g/mol. The number of nitrogens with one attached hydrogen (secondary N) is 1. The number of nitrogens with zero attached hydrogens (tertiary/aromatic N) is 3. The third-order valence-electron chi connectivity index (χ3n) is 6.90. The highest BCUT2D eigenvalue weighted by atomic mass is 35.5. The second kappa shape index (κ2) is 11.2. The Morgan fingerprint density at radius 3 is 2.32 bits per heavy atom. The van der Waals surface area contributed by atoms with Crippen LogP contribution in [0.3, 0.4) is 0 Å². The number of hydrogen-bond acceptors (Lipinski definition) is 4. The summed E-state index contributed by atoms with van der Waals surface area (Å²) in [5, 5.41) is 4.60. The number of ether oxygens (including phenoxy) is 1. The van der Waals surface area contributed by atoms with E-state index in [1.165, 1.54) is 12.1 Å². The molecule has 1 fully saturated rings. The molecule has 0 bridgehead atoms. The summed E-state index contributed by atoms with van der Waals surface area (Å²) in [7, 11) is 0. The summed E-state index contributed by atoms with van der Waals surface area (Å²) in [4.78, 5) is 18.9. The van der Waals surface area contributed by atoms with Crippen molar-refractivity contribution in [1.82, 2.24) is 19.8 Å². The minimum absolute atomic E-state index is 0.235. The quantitative estimate of drug-likeness (QED) is 0.348. The Hall–Kier alpha value is -2.61. The highest BCUT2D eigenvalue weighted by Crippen LogP contribution is 2.36. The zero-order chi connectivity index (χ0) is 27.7. The zero-order valence-corrected chi connectivity index (χ0v) is 24.0. The van der Waals surface area contributed by atoms with Crippen molar-refractivity contribution < 1.29 is 13.9 Å². The molecule has 0 aliphatic carbocycles. The second-order valence-electron chi connectivity index (χ2n) is 11.2. The summed E-state index contributed by atoms with van der Waals surface area (Å²) in [6.07, 6.45) is 3.24. The molecule has 38 heavy (non-hydrogen) atoms. The number of carbonyl (C=O) groups is 1. The summed E-state index contributed by atoms with van der Waals surface area (Å²) in [5.41, 5.74) is 1.78. The van der Waals surface area contributed by atoms with Crippen LogP contribution >= 0.6 is 23.2 Å². The standard InChI is InChI=1S/C29H35Cl2FN4O2/c1-28(2,3)38-27(37)35-14-12-21(13-15-35)33-18-26-34-17-25(36(26)22-9-7-20(32)8-10-22)29(4,5)19-6-11-23(30)24(31)16-19/h6-11,16-17,21,33H,12-15,18H2,1-5H3. The maximum atomic E-state index is 13.8. The Morgan fingerprint density at radius 2 is 1.71 bits per heavy atom. The van der Waals surface area contributed by atoms with Crippen LogP contribution < -0.4 is 5.32 Å². The molecular formula is C29H35Cl2FN4O2. The van der Waals surface area contributed by atoms with Gasteiger partial charge in [-0.15, -0.1) is 0 Å². The molecule has 6 nitrogen and oxygen atoms in total. The van der Waals surface area contributed by atoms with Gasteiger partial charge in [-0.1, -0.05) is 43.1 Å². The van der Waals surface area contributed by atoms with Crippen LogP contribution in [0.25, 0.3) is 5.69 Å². The van der Waals surface area contributed by atoms with Crippen molar-refractivity contribution in [2.45, 2.75) is 71.1 Å². The third kappa shape index (κ3) is 6.50. The lowest BCUT2D eigenvalue weighted by Gasteiger charge is -2.34. The molecule has 9 heteroatoms. The van der Waals surface area contributed by atoms with Crippen molar-refractivity contribution in [3.63, 3.8) is 0 Å². The van der Waals surface area contributed by atoms with Crippen LogP contribution in [0, 0.1) is 5.82 Å². The van der Waals surface area contributed by atoms with E-state index >= 15 is 0 Å². The first-order valence-corrected chi connectivity index (χ1v) is 13.6. The van der Waals surface area contributed by atoms with E-state index in [-0.39, 0.29) is 18.0 Å². The van der Waals surface area contributed by atoms with E-state index in [0.29, 0.717) is 29.7 Å². The number of amides is 1. The number of aromatic nitrogens is 2. The summed E-state index contributed by atoms with van der Waals surface area (Å²) in [6, 6.07) is 12.3. The minimum atomic E-state index is -0.507. The molecule has 0 spiro atoms. The molecule has 2 aromatic carbocycles. The highest BCUT2D eigenvalue weighted by Gasteiger charge is 2.31. The van der Waals surface area contributed by atoms with Gasteiger partial charge in [0, 0.05) is 36.4 Å². The van der Waals surface area contributed by atoms with Gasteiger partial charge >= 0.3 is 6.09 Å². The molecule has 0 saturated carbocycles. The van der Waals surface area contributed by atoms with Crippen LogP contribution in [0.5, 0.6) is 0 Å². The lowest BCUT2D eigenvalue weighted by atomic mass is 9.81. The van der Waals surface area contributed by atoms with Gasteiger partial charge in [0.15, 0.2) is 0 Å². The van der Waals surface area contributed by atoms with Gasteiger partial charge in [0.25, 0.3) is 0 Å². The smallest absolute Gasteiger partial charge is 0.410 e. The van der Waals surface area contributed by atoms with E-state index in [2.05, 4.69) is 23.7 Å². The van der Waals surface area contributed by atoms with Crippen molar-refractivity contribution in [3.8, 4) is 5.69 Å². The number of imidazole rings is 1. The van der Waals surface area contributed by atoms with E-state index in [4.69, 9.17) is 32.9 Å². The van der Waals surface area contributed by atoms with Crippen LogP contribution in [-0.4, -0.2) is 45.3 Å². The maximum Gasteiger partial charge on any atom is 0.410 e. The Kier molecular flexibility index (Phi) is 8.40. The highest BCUT2D eigenvalue weighted by molar-refractivity contribution is 6.42. The Morgan fingerprint density at radius 1 is 1.05 bits per heavy atom. The van der Waals surface area contributed by atoms with Gasteiger partial charge in [-0.3, -0.25) is 4.57 Å². The number of benzene rings is 2. The van der Waals surface area contributed by atoms with E-state index in [1.54, 1.807) is 23.1 Å². The predicted octanol–water partition coefficient (Wildman–Crippen LogP) is 7.13. The molecule has 0 atom stereocenters. The zero-order valence-electron chi connectivity index (χ0n) is 22.5. The largest absolute Gasteiger partial charge is 0.444 e. The van der Waals surface area contributed by atoms with Gasteiger partial charge in [0.2, 0.25) is 0 Å². The van der Waals surface area contributed by atoms with Crippen LogP contribution in [0.1, 0.15) is 64.5 Å². The lowest BCUT2D eigenvalue weighted by molar-refractivity contribution is 0.0198. The molecule has 1 aromatic heterocycles. The van der Waals surface area contributed by atoms with Crippen molar-refractivity contribution in [2.75, 3.05) is 13.1 Å². The van der Waals surface area contributed by atoms with Crippen LogP contribution in [0.4, 0.5) is 9.18 Å². The molecule has 3 aromatic rings. The van der Waals surface area contributed by atoms with Gasteiger partial charge < -0.3 is 15.0 Å². The fourth-order valence-electron chi connectivity index (χ4n) is 4.70. The van der Waals surface area contributed by atoms with E-state index in [0.717, 1.165) is 35.6 Å². The second-order valence-corrected chi connectivity index (χ2v) is 12.1. The number of halogens is 3. The fraction of sp³-hybridized carbons (Fsp3) is 0.448. The molecule has 2 heterocycles. The summed E-state index contributed by atoms with van der Waals surface area (Å²) >= 11 is 12.5. The normalized spacial score (nSPS) is 15.1.